The van der Waals surface area contributed by atoms with Crippen molar-refractivity contribution >= 4 is 22.6 Å². The summed E-state index contributed by atoms with van der Waals surface area (Å²) in [6, 6.07) is 14.0. The zero-order valence-electron chi connectivity index (χ0n) is 18.2. The highest BCUT2D eigenvalue weighted by molar-refractivity contribution is 7.09. The Bertz CT molecular complexity index is 961. The number of rotatable bonds is 11. The molecule has 1 amide bonds. The average molecular weight is 440 g/mol. The first-order valence-electron chi connectivity index (χ1n) is 10.4. The molecule has 7 nitrogen and oxygen atoms in total. The van der Waals surface area contributed by atoms with Crippen LogP contribution in [0.1, 0.15) is 37.4 Å². The maximum Gasteiger partial charge on any atom is 0.221 e. The summed E-state index contributed by atoms with van der Waals surface area (Å²) in [5.74, 6) is 1.63. The predicted octanol–water partition coefficient (Wildman–Crippen LogP) is 3.50. The van der Waals surface area contributed by atoms with Crippen molar-refractivity contribution in [2.75, 3.05) is 25.1 Å². The third-order valence-electron chi connectivity index (χ3n) is 4.83. The number of carbonyl (C=O) groups excluding carboxylic acids is 1. The van der Waals surface area contributed by atoms with Crippen LogP contribution in [0.3, 0.4) is 0 Å². The fourth-order valence-corrected chi connectivity index (χ4v) is 4.00. The van der Waals surface area contributed by atoms with Crippen molar-refractivity contribution in [1.29, 1.82) is 0 Å². The van der Waals surface area contributed by atoms with E-state index in [9.17, 15) is 4.79 Å². The first-order valence-corrected chi connectivity index (χ1v) is 11.2. The SMILES string of the molecule is COc1cccc(Cc2nsc(N(CCC(=O)NCCc3ccccn3)C(C)C)n2)c1. The molecule has 31 heavy (non-hydrogen) atoms. The Hall–Kier alpha value is -3.00. The molecule has 0 saturated heterocycles. The Labute approximate surface area is 187 Å². The van der Waals surface area contributed by atoms with Crippen LogP contribution in [-0.4, -0.2) is 46.5 Å². The van der Waals surface area contributed by atoms with Crippen molar-refractivity contribution in [2.24, 2.45) is 0 Å². The minimum atomic E-state index is 0.0303. The number of aromatic nitrogens is 3. The number of pyridine rings is 1. The highest BCUT2D eigenvalue weighted by Gasteiger charge is 2.17. The summed E-state index contributed by atoms with van der Waals surface area (Å²) in [5, 5.41) is 3.82. The Morgan fingerprint density at radius 1 is 1.23 bits per heavy atom. The van der Waals surface area contributed by atoms with Crippen LogP contribution in [0.25, 0.3) is 0 Å². The molecular formula is C23H29N5O2S. The predicted molar refractivity (Wildman–Crippen MR) is 124 cm³/mol. The van der Waals surface area contributed by atoms with E-state index in [1.165, 1.54) is 11.5 Å². The van der Waals surface area contributed by atoms with Gasteiger partial charge in [0.1, 0.15) is 11.6 Å². The lowest BCUT2D eigenvalue weighted by Crippen LogP contribution is -2.35. The van der Waals surface area contributed by atoms with Crippen LogP contribution in [-0.2, 0) is 17.6 Å². The topological polar surface area (TPSA) is 80.2 Å². The zero-order chi connectivity index (χ0) is 22.1. The molecule has 1 N–H and O–H groups in total. The van der Waals surface area contributed by atoms with Gasteiger partial charge in [0.25, 0.3) is 0 Å². The molecule has 8 heteroatoms. The maximum absolute atomic E-state index is 12.3. The lowest BCUT2D eigenvalue weighted by atomic mass is 10.1. The Kier molecular flexibility index (Phi) is 8.35. The molecule has 0 radical (unpaired) electrons. The van der Waals surface area contributed by atoms with Crippen molar-refractivity contribution in [3.8, 4) is 5.75 Å². The van der Waals surface area contributed by atoms with E-state index in [0.717, 1.165) is 34.4 Å². The van der Waals surface area contributed by atoms with E-state index in [1.54, 1.807) is 13.3 Å². The molecule has 0 aliphatic rings. The van der Waals surface area contributed by atoms with Crippen molar-refractivity contribution in [3.05, 3.63) is 65.7 Å². The number of anilines is 1. The lowest BCUT2D eigenvalue weighted by Gasteiger charge is -2.25. The van der Waals surface area contributed by atoms with Crippen molar-refractivity contribution in [2.45, 2.75) is 39.2 Å². The highest BCUT2D eigenvalue weighted by Crippen LogP contribution is 2.22. The third-order valence-corrected chi connectivity index (χ3v) is 5.62. The van der Waals surface area contributed by atoms with Crippen molar-refractivity contribution < 1.29 is 9.53 Å². The van der Waals surface area contributed by atoms with Gasteiger partial charge < -0.3 is 15.0 Å². The van der Waals surface area contributed by atoms with Crippen LogP contribution >= 0.6 is 11.5 Å². The van der Waals surface area contributed by atoms with Gasteiger partial charge in [-0.05, 0) is 43.7 Å². The molecule has 2 heterocycles. The molecule has 0 unspecified atom stereocenters. The Morgan fingerprint density at radius 3 is 2.84 bits per heavy atom. The van der Waals surface area contributed by atoms with Gasteiger partial charge in [0.15, 0.2) is 0 Å². The van der Waals surface area contributed by atoms with E-state index >= 15 is 0 Å². The lowest BCUT2D eigenvalue weighted by molar-refractivity contribution is -0.120. The second kappa shape index (κ2) is 11.4. The molecule has 0 aliphatic carbocycles. The fraction of sp³-hybridized carbons (Fsp3) is 0.391. The summed E-state index contributed by atoms with van der Waals surface area (Å²) < 4.78 is 9.81. The molecule has 0 saturated carbocycles. The number of hydrogen-bond donors (Lipinski definition) is 1. The van der Waals surface area contributed by atoms with E-state index in [2.05, 4.69) is 33.4 Å². The zero-order valence-corrected chi connectivity index (χ0v) is 19.1. The number of ether oxygens (including phenoxy) is 1. The molecule has 0 fully saturated rings. The summed E-state index contributed by atoms with van der Waals surface area (Å²) in [7, 11) is 1.66. The van der Waals surface area contributed by atoms with E-state index in [-0.39, 0.29) is 11.9 Å². The number of methoxy groups -OCH3 is 1. The van der Waals surface area contributed by atoms with Crippen LogP contribution in [0.4, 0.5) is 5.13 Å². The molecule has 2 aromatic heterocycles. The standard InChI is InChI=1S/C23H29N5O2S/c1-17(2)28(14-11-22(29)25-13-10-19-8-4-5-12-24-19)23-26-21(27-31-23)16-18-7-6-9-20(15-18)30-3/h4-9,12,15,17H,10-11,13-14,16H2,1-3H3,(H,25,29). The van der Waals surface area contributed by atoms with E-state index < -0.39 is 0 Å². The van der Waals surface area contributed by atoms with Crippen LogP contribution < -0.4 is 15.0 Å². The van der Waals surface area contributed by atoms with E-state index in [1.807, 2.05) is 42.5 Å². The summed E-state index contributed by atoms with van der Waals surface area (Å²) in [6.45, 7) is 5.38. The fourth-order valence-electron chi connectivity index (χ4n) is 3.16. The first-order chi connectivity index (χ1) is 15.0. The Morgan fingerprint density at radius 2 is 2.10 bits per heavy atom. The van der Waals surface area contributed by atoms with Gasteiger partial charge >= 0.3 is 0 Å². The smallest absolute Gasteiger partial charge is 0.221 e. The molecule has 1 aromatic carbocycles. The number of amides is 1. The second-order valence-corrected chi connectivity index (χ2v) is 8.21. The molecule has 0 atom stereocenters. The molecular weight excluding hydrogens is 410 g/mol. The van der Waals surface area contributed by atoms with Gasteiger partial charge in [-0.2, -0.15) is 4.37 Å². The van der Waals surface area contributed by atoms with Crippen LogP contribution in [0, 0.1) is 0 Å². The Balaban J connectivity index is 1.51. The summed E-state index contributed by atoms with van der Waals surface area (Å²) in [5.41, 5.74) is 2.08. The van der Waals surface area contributed by atoms with Crippen LogP contribution in [0.2, 0.25) is 0 Å². The molecule has 0 aliphatic heterocycles. The summed E-state index contributed by atoms with van der Waals surface area (Å²) in [4.78, 5) is 23.4. The summed E-state index contributed by atoms with van der Waals surface area (Å²) in [6.07, 6.45) is 3.55. The maximum atomic E-state index is 12.3. The van der Waals surface area contributed by atoms with Gasteiger partial charge in [0.05, 0.1) is 7.11 Å². The first kappa shape index (κ1) is 22.7. The van der Waals surface area contributed by atoms with Gasteiger partial charge in [-0.25, -0.2) is 4.98 Å². The molecule has 3 rings (SSSR count). The molecule has 164 valence electrons. The third kappa shape index (κ3) is 7.03. The molecule has 3 aromatic rings. The van der Waals surface area contributed by atoms with Gasteiger partial charge in [0.2, 0.25) is 11.0 Å². The number of carbonyl (C=O) groups is 1. The highest BCUT2D eigenvalue weighted by atomic mass is 32.1. The minimum Gasteiger partial charge on any atom is -0.497 e. The molecule has 0 bridgehead atoms. The largest absolute Gasteiger partial charge is 0.497 e. The number of benzene rings is 1. The van der Waals surface area contributed by atoms with E-state index in [0.29, 0.717) is 25.9 Å². The van der Waals surface area contributed by atoms with Crippen LogP contribution in [0.5, 0.6) is 5.75 Å². The van der Waals surface area contributed by atoms with Crippen LogP contribution in [0.15, 0.2) is 48.7 Å². The van der Waals surface area contributed by atoms with Gasteiger partial charge in [-0.3, -0.25) is 9.78 Å². The second-order valence-electron chi connectivity index (χ2n) is 7.48. The quantitative estimate of drug-likeness (QED) is 0.493. The normalized spacial score (nSPS) is 10.8. The number of nitrogens with one attached hydrogen (secondary N) is 1. The van der Waals surface area contributed by atoms with E-state index in [4.69, 9.17) is 9.72 Å². The minimum absolute atomic E-state index is 0.0303. The number of nitrogens with zero attached hydrogens (tertiary/aromatic N) is 4. The average Bonchev–Trinajstić information content (AvgIpc) is 3.22. The molecule has 0 spiro atoms. The monoisotopic (exact) mass is 439 g/mol. The number of hydrogen-bond acceptors (Lipinski definition) is 7. The van der Waals surface area contributed by atoms with Crippen molar-refractivity contribution in [1.82, 2.24) is 19.7 Å². The summed E-state index contributed by atoms with van der Waals surface area (Å²) >= 11 is 1.38. The van der Waals surface area contributed by atoms with Gasteiger partial charge in [0, 0.05) is 61.8 Å². The van der Waals surface area contributed by atoms with Crippen molar-refractivity contribution in [3.63, 3.8) is 0 Å². The van der Waals surface area contributed by atoms with Gasteiger partial charge in [-0.15, -0.1) is 0 Å². The van der Waals surface area contributed by atoms with Gasteiger partial charge in [-0.1, -0.05) is 18.2 Å².